The lowest BCUT2D eigenvalue weighted by molar-refractivity contribution is 0.317. The Kier molecular flexibility index (Phi) is 10.2. The van der Waals surface area contributed by atoms with Crippen LogP contribution in [0.3, 0.4) is 0 Å². The highest BCUT2D eigenvalue weighted by atomic mass is 28.3. The molecule has 1 saturated heterocycles. The Hall–Kier alpha value is -2.39. The molecule has 1 radical (unpaired) electrons. The van der Waals surface area contributed by atoms with Crippen LogP contribution in [0.15, 0.2) is 66.7 Å². The lowest BCUT2D eigenvalue weighted by atomic mass is 9.91. The van der Waals surface area contributed by atoms with Crippen LogP contribution < -0.4 is 4.74 Å². The second-order valence-corrected chi connectivity index (χ2v) is 13.4. The van der Waals surface area contributed by atoms with Gasteiger partial charge in [-0.15, -0.1) is 0 Å². The average molecular weight is 502 g/mol. The topological polar surface area (TPSA) is 9.23 Å². The van der Waals surface area contributed by atoms with E-state index in [-0.39, 0.29) is 14.6 Å². The molecule has 1 aliphatic rings. The first-order valence-electron chi connectivity index (χ1n) is 14.1. The average Bonchev–Trinajstić information content (AvgIpc) is 2.92. The summed E-state index contributed by atoms with van der Waals surface area (Å²) in [6, 6.07) is 27.1. The monoisotopic (exact) mass is 501 g/mol. The molecule has 0 saturated carbocycles. The quantitative estimate of drug-likeness (QED) is 0.177. The molecule has 1 fully saturated rings. The van der Waals surface area contributed by atoms with Crippen molar-refractivity contribution in [1.29, 1.82) is 0 Å². The Bertz CT molecular complexity index is 1050. The zero-order valence-electron chi connectivity index (χ0n) is 22.2. The summed E-state index contributed by atoms with van der Waals surface area (Å²) < 4.78 is 20.8. The predicted octanol–water partition coefficient (Wildman–Crippen LogP) is 9.63. The van der Waals surface area contributed by atoms with Crippen LogP contribution >= 0.6 is 0 Å². The molecule has 0 bridgehead atoms. The molecule has 1 aliphatic heterocycles. The summed E-state index contributed by atoms with van der Waals surface area (Å²) in [5, 5.41) is 0. The highest BCUT2D eigenvalue weighted by molar-refractivity contribution is 6.59. The van der Waals surface area contributed by atoms with Gasteiger partial charge < -0.3 is 4.74 Å². The van der Waals surface area contributed by atoms with E-state index >= 15 is 4.39 Å². The molecule has 1 heterocycles. The highest BCUT2D eigenvalue weighted by Gasteiger charge is 2.24. The third-order valence-electron chi connectivity index (χ3n) is 7.65. The molecule has 0 spiro atoms. The van der Waals surface area contributed by atoms with Crippen molar-refractivity contribution < 1.29 is 9.13 Å². The molecular weight excluding hydrogens is 459 g/mol. The van der Waals surface area contributed by atoms with Crippen molar-refractivity contribution in [2.45, 2.75) is 89.3 Å². The Morgan fingerprint density at radius 3 is 2.08 bits per heavy atom. The van der Waals surface area contributed by atoms with E-state index in [0.29, 0.717) is 11.5 Å². The fourth-order valence-electron chi connectivity index (χ4n) is 5.37. The number of rotatable bonds is 12. The number of benzene rings is 3. The van der Waals surface area contributed by atoms with Gasteiger partial charge in [-0.1, -0.05) is 99.8 Å². The fourth-order valence-corrected chi connectivity index (χ4v) is 8.38. The number of ether oxygens (including phenoxy) is 1. The number of aryl methyl sites for hydroxylation is 2. The molecule has 1 nitrogen and oxygen atoms in total. The molecule has 4 rings (SSSR count). The molecule has 0 unspecified atom stereocenters. The Labute approximate surface area is 219 Å². The standard InChI is InChI=1S/C33H42FOSi/c1-3-5-6-22-36-23-19-28(20-24-36)30-15-18-32(33(34)25-30)29-13-9-26(10-14-29)7-8-27-11-16-31(17-12-27)35-21-4-2/h9-18,25,28H,3-8,19-24H2,1-2H3. The van der Waals surface area contributed by atoms with Crippen LogP contribution in [-0.2, 0) is 12.8 Å². The normalized spacial score (nSPS) is 14.8. The van der Waals surface area contributed by atoms with Crippen molar-refractivity contribution in [1.82, 2.24) is 0 Å². The molecule has 191 valence electrons. The molecular formula is C33H42FOSi. The maximum Gasteiger partial charge on any atom is 0.131 e. The van der Waals surface area contributed by atoms with E-state index in [1.165, 1.54) is 66.9 Å². The van der Waals surface area contributed by atoms with Crippen LogP contribution in [0.4, 0.5) is 4.39 Å². The lowest BCUT2D eigenvalue weighted by Crippen LogP contribution is -2.20. The van der Waals surface area contributed by atoms with Crippen LogP contribution in [0.5, 0.6) is 5.75 Å². The molecule has 0 aliphatic carbocycles. The third kappa shape index (κ3) is 7.55. The number of unbranched alkanes of at least 4 members (excludes halogenated alkanes) is 2. The first-order chi connectivity index (χ1) is 17.7. The fraction of sp³-hybridized carbons (Fsp3) is 0.455. The van der Waals surface area contributed by atoms with E-state index in [4.69, 9.17) is 4.74 Å². The van der Waals surface area contributed by atoms with E-state index in [9.17, 15) is 0 Å². The van der Waals surface area contributed by atoms with Gasteiger partial charge >= 0.3 is 0 Å². The van der Waals surface area contributed by atoms with Crippen LogP contribution in [0, 0.1) is 5.82 Å². The number of hydrogen-bond acceptors (Lipinski definition) is 1. The van der Waals surface area contributed by atoms with Crippen LogP contribution in [0.25, 0.3) is 11.1 Å². The zero-order chi connectivity index (χ0) is 25.2. The van der Waals surface area contributed by atoms with Gasteiger partial charge in [-0.05, 0) is 78.5 Å². The first kappa shape index (κ1) is 26.7. The van der Waals surface area contributed by atoms with Crippen molar-refractivity contribution in [2.75, 3.05) is 6.61 Å². The van der Waals surface area contributed by atoms with Gasteiger partial charge in [0.1, 0.15) is 11.6 Å². The second-order valence-electron chi connectivity index (χ2n) is 10.4. The zero-order valence-corrected chi connectivity index (χ0v) is 23.2. The highest BCUT2D eigenvalue weighted by Crippen LogP contribution is 2.37. The lowest BCUT2D eigenvalue weighted by Gasteiger charge is -2.28. The summed E-state index contributed by atoms with van der Waals surface area (Å²) in [4.78, 5) is 0. The minimum atomic E-state index is -0.152. The maximum atomic E-state index is 15.1. The van der Waals surface area contributed by atoms with E-state index in [1.807, 2.05) is 12.1 Å². The number of halogens is 1. The van der Waals surface area contributed by atoms with E-state index in [0.717, 1.165) is 37.2 Å². The van der Waals surface area contributed by atoms with E-state index < -0.39 is 0 Å². The second kappa shape index (κ2) is 13.8. The molecule has 3 aromatic carbocycles. The van der Waals surface area contributed by atoms with Crippen molar-refractivity contribution in [2.24, 2.45) is 0 Å². The van der Waals surface area contributed by atoms with Gasteiger partial charge in [0.05, 0.1) is 6.61 Å². The summed E-state index contributed by atoms with van der Waals surface area (Å²) in [6.45, 7) is 5.16. The molecule has 0 N–H and O–H groups in total. The molecule has 0 aromatic heterocycles. The molecule has 0 atom stereocenters. The summed E-state index contributed by atoms with van der Waals surface area (Å²) >= 11 is 0. The van der Waals surface area contributed by atoms with Gasteiger partial charge in [0.15, 0.2) is 0 Å². The molecule has 3 aromatic rings. The molecule has 3 heteroatoms. The van der Waals surface area contributed by atoms with Crippen LogP contribution in [-0.4, -0.2) is 15.4 Å². The van der Waals surface area contributed by atoms with Crippen LogP contribution in [0.1, 0.15) is 75.0 Å². The van der Waals surface area contributed by atoms with Crippen molar-refractivity contribution >= 4 is 8.80 Å². The number of hydrogen-bond donors (Lipinski definition) is 0. The Morgan fingerprint density at radius 2 is 1.47 bits per heavy atom. The van der Waals surface area contributed by atoms with Crippen molar-refractivity contribution in [3.63, 3.8) is 0 Å². The Morgan fingerprint density at radius 1 is 0.806 bits per heavy atom. The van der Waals surface area contributed by atoms with Crippen molar-refractivity contribution in [3.8, 4) is 16.9 Å². The van der Waals surface area contributed by atoms with Gasteiger partial charge in [0.25, 0.3) is 0 Å². The molecule has 0 amide bonds. The summed E-state index contributed by atoms with van der Waals surface area (Å²) in [6.07, 6.45) is 9.60. The van der Waals surface area contributed by atoms with Gasteiger partial charge in [0.2, 0.25) is 0 Å². The maximum absolute atomic E-state index is 15.1. The summed E-state index contributed by atoms with van der Waals surface area (Å²) in [5.74, 6) is 1.40. The molecule has 36 heavy (non-hydrogen) atoms. The predicted molar refractivity (Wildman–Crippen MR) is 153 cm³/mol. The first-order valence-corrected chi connectivity index (χ1v) is 16.2. The minimum Gasteiger partial charge on any atom is -0.494 e. The minimum absolute atomic E-state index is 0.0790. The Balaban J connectivity index is 1.30. The van der Waals surface area contributed by atoms with Crippen molar-refractivity contribution in [3.05, 3.63) is 89.2 Å². The van der Waals surface area contributed by atoms with E-state index in [1.54, 1.807) is 0 Å². The van der Waals surface area contributed by atoms with Crippen LogP contribution in [0.2, 0.25) is 18.1 Å². The van der Waals surface area contributed by atoms with E-state index in [2.05, 4.69) is 68.4 Å². The smallest absolute Gasteiger partial charge is 0.131 e. The van der Waals surface area contributed by atoms with Gasteiger partial charge in [-0.2, -0.15) is 0 Å². The largest absolute Gasteiger partial charge is 0.494 e. The SMILES string of the molecule is CCCCC[Si]1CCC(c2ccc(-c3ccc(CCc4ccc(OCCC)cc4)cc3)c(F)c2)CC1. The van der Waals surface area contributed by atoms with Gasteiger partial charge in [0, 0.05) is 14.4 Å². The van der Waals surface area contributed by atoms with Gasteiger partial charge in [-0.3, -0.25) is 0 Å². The van der Waals surface area contributed by atoms with Gasteiger partial charge in [-0.25, -0.2) is 4.39 Å². The third-order valence-corrected chi connectivity index (χ3v) is 10.7. The summed E-state index contributed by atoms with van der Waals surface area (Å²) in [7, 11) is -0.152. The summed E-state index contributed by atoms with van der Waals surface area (Å²) in [5.41, 5.74) is 5.47.